The van der Waals surface area contributed by atoms with Gasteiger partial charge in [-0.2, -0.15) is 0 Å². The molecule has 106 valence electrons. The molecule has 3 nitrogen and oxygen atoms in total. The minimum atomic E-state index is 0. The third-order valence-corrected chi connectivity index (χ3v) is 4.14. The Labute approximate surface area is 117 Å². The molecule has 2 aliphatic heterocycles. The molecule has 1 N–H and O–H groups in total. The number of likely N-dealkylation sites (tertiary alicyclic amines) is 1. The molecule has 0 bridgehead atoms. The van der Waals surface area contributed by atoms with Crippen LogP contribution in [0.3, 0.4) is 0 Å². The Balaban J connectivity index is 0.00000162. The summed E-state index contributed by atoms with van der Waals surface area (Å²) in [6, 6.07) is 0. The Hall–Kier alpha value is -0.280. The molecule has 2 aliphatic rings. The van der Waals surface area contributed by atoms with Crippen molar-refractivity contribution in [2.24, 2.45) is 10.8 Å². The van der Waals surface area contributed by atoms with Crippen molar-refractivity contribution in [1.29, 1.82) is 0 Å². The van der Waals surface area contributed by atoms with E-state index in [0.717, 1.165) is 26.2 Å². The number of amides is 1. The van der Waals surface area contributed by atoms with Gasteiger partial charge in [0.2, 0.25) is 5.91 Å². The number of nitrogens with zero attached hydrogens (tertiary/aromatic N) is 1. The van der Waals surface area contributed by atoms with E-state index >= 15 is 0 Å². The van der Waals surface area contributed by atoms with Crippen LogP contribution in [0.15, 0.2) is 0 Å². The molecule has 2 rings (SSSR count). The third kappa shape index (κ3) is 3.86. The van der Waals surface area contributed by atoms with Gasteiger partial charge in [0, 0.05) is 19.5 Å². The van der Waals surface area contributed by atoms with Crippen molar-refractivity contribution in [3.63, 3.8) is 0 Å². The summed E-state index contributed by atoms with van der Waals surface area (Å²) >= 11 is 0. The maximum absolute atomic E-state index is 12.2. The highest BCUT2D eigenvalue weighted by Crippen LogP contribution is 2.39. The SMILES string of the molecule is CC(C)(C)CC(=O)N1CCC2(CCNCC2)C1.Cl. The molecule has 0 aromatic heterocycles. The van der Waals surface area contributed by atoms with Crippen molar-refractivity contribution in [1.82, 2.24) is 10.2 Å². The average Bonchev–Trinajstić information content (AvgIpc) is 2.61. The average molecular weight is 275 g/mol. The second-order valence-electron chi connectivity index (χ2n) is 7.05. The van der Waals surface area contributed by atoms with Crippen molar-refractivity contribution in [2.75, 3.05) is 26.2 Å². The monoisotopic (exact) mass is 274 g/mol. The number of rotatable bonds is 1. The molecule has 4 heteroatoms. The summed E-state index contributed by atoms with van der Waals surface area (Å²) < 4.78 is 0. The standard InChI is InChI=1S/C14H26N2O.ClH/c1-13(2,3)10-12(17)16-9-6-14(11-16)4-7-15-8-5-14;/h15H,4-11H2,1-3H3;1H. The molecule has 2 fully saturated rings. The van der Waals surface area contributed by atoms with Crippen LogP contribution in [0.1, 0.15) is 46.5 Å². The van der Waals surface area contributed by atoms with E-state index in [2.05, 4.69) is 31.0 Å². The molecule has 0 saturated carbocycles. The lowest BCUT2D eigenvalue weighted by Crippen LogP contribution is -2.40. The Kier molecular flexibility index (Phi) is 5.07. The summed E-state index contributed by atoms with van der Waals surface area (Å²) in [5, 5.41) is 3.41. The van der Waals surface area contributed by atoms with Crippen LogP contribution in [0, 0.1) is 10.8 Å². The second-order valence-corrected chi connectivity index (χ2v) is 7.05. The number of nitrogens with one attached hydrogen (secondary N) is 1. The first-order valence-corrected chi connectivity index (χ1v) is 6.89. The zero-order valence-corrected chi connectivity index (χ0v) is 12.7. The van der Waals surface area contributed by atoms with E-state index in [1.807, 2.05) is 0 Å². The molecule has 2 saturated heterocycles. The lowest BCUT2D eigenvalue weighted by Gasteiger charge is -2.34. The molecular formula is C14H27ClN2O. The molecule has 2 heterocycles. The number of hydrogen-bond donors (Lipinski definition) is 1. The Morgan fingerprint density at radius 2 is 1.83 bits per heavy atom. The van der Waals surface area contributed by atoms with Gasteiger partial charge in [0.05, 0.1) is 0 Å². The van der Waals surface area contributed by atoms with E-state index in [0.29, 0.717) is 17.7 Å². The molecule has 0 aromatic carbocycles. The Morgan fingerprint density at radius 1 is 1.22 bits per heavy atom. The number of hydrogen-bond acceptors (Lipinski definition) is 2. The summed E-state index contributed by atoms with van der Waals surface area (Å²) in [5.41, 5.74) is 0.555. The summed E-state index contributed by atoms with van der Waals surface area (Å²) in [4.78, 5) is 14.3. The summed E-state index contributed by atoms with van der Waals surface area (Å²) in [6.07, 6.45) is 4.38. The third-order valence-electron chi connectivity index (χ3n) is 4.14. The van der Waals surface area contributed by atoms with Gasteiger partial charge in [0.1, 0.15) is 0 Å². The first-order chi connectivity index (χ1) is 7.90. The lowest BCUT2D eigenvalue weighted by atomic mass is 9.78. The molecule has 1 spiro atoms. The van der Waals surface area contributed by atoms with Crippen LogP contribution in [-0.4, -0.2) is 37.0 Å². The Bertz CT molecular complexity index is 293. The van der Waals surface area contributed by atoms with Gasteiger partial charge in [0.25, 0.3) is 0 Å². The van der Waals surface area contributed by atoms with Crippen LogP contribution < -0.4 is 5.32 Å². The molecule has 0 atom stereocenters. The van der Waals surface area contributed by atoms with Gasteiger partial charge in [-0.1, -0.05) is 20.8 Å². The second kappa shape index (κ2) is 5.79. The summed E-state index contributed by atoms with van der Waals surface area (Å²) in [5.74, 6) is 0.355. The summed E-state index contributed by atoms with van der Waals surface area (Å²) in [6.45, 7) is 10.7. The van der Waals surface area contributed by atoms with E-state index in [1.54, 1.807) is 0 Å². The number of carbonyl (C=O) groups excluding carboxylic acids is 1. The van der Waals surface area contributed by atoms with Gasteiger partial charge in [-0.15, -0.1) is 12.4 Å². The fraction of sp³-hybridized carbons (Fsp3) is 0.929. The van der Waals surface area contributed by atoms with Gasteiger partial charge in [-0.3, -0.25) is 4.79 Å². The van der Waals surface area contributed by atoms with Gasteiger partial charge < -0.3 is 10.2 Å². The fourth-order valence-electron chi connectivity index (χ4n) is 3.08. The largest absolute Gasteiger partial charge is 0.342 e. The minimum Gasteiger partial charge on any atom is -0.342 e. The van der Waals surface area contributed by atoms with E-state index in [1.165, 1.54) is 19.3 Å². The van der Waals surface area contributed by atoms with Crippen molar-refractivity contribution in [2.45, 2.75) is 46.5 Å². The van der Waals surface area contributed by atoms with E-state index < -0.39 is 0 Å². The van der Waals surface area contributed by atoms with Crippen molar-refractivity contribution < 1.29 is 4.79 Å². The zero-order chi connectivity index (χ0) is 12.5. The van der Waals surface area contributed by atoms with Gasteiger partial charge in [-0.05, 0) is 43.2 Å². The first-order valence-electron chi connectivity index (χ1n) is 6.89. The highest BCUT2D eigenvalue weighted by Gasteiger charge is 2.40. The minimum absolute atomic E-state index is 0. The topological polar surface area (TPSA) is 32.3 Å². The molecular weight excluding hydrogens is 248 g/mol. The highest BCUT2D eigenvalue weighted by atomic mass is 35.5. The van der Waals surface area contributed by atoms with Gasteiger partial charge in [-0.25, -0.2) is 0 Å². The maximum Gasteiger partial charge on any atom is 0.223 e. The fourth-order valence-corrected chi connectivity index (χ4v) is 3.08. The lowest BCUT2D eigenvalue weighted by molar-refractivity contribution is -0.132. The smallest absolute Gasteiger partial charge is 0.223 e. The Morgan fingerprint density at radius 3 is 2.39 bits per heavy atom. The van der Waals surface area contributed by atoms with Crippen LogP contribution in [0.4, 0.5) is 0 Å². The predicted molar refractivity (Wildman–Crippen MR) is 77.1 cm³/mol. The number of piperidine rings is 1. The molecule has 0 aromatic rings. The van der Waals surface area contributed by atoms with Crippen molar-refractivity contribution in [3.05, 3.63) is 0 Å². The van der Waals surface area contributed by atoms with Crippen molar-refractivity contribution in [3.8, 4) is 0 Å². The van der Waals surface area contributed by atoms with Crippen LogP contribution in [0.2, 0.25) is 0 Å². The molecule has 0 radical (unpaired) electrons. The predicted octanol–water partition coefficient (Wildman–Crippen LogP) is 2.45. The maximum atomic E-state index is 12.2. The van der Waals surface area contributed by atoms with Crippen LogP contribution in [-0.2, 0) is 4.79 Å². The van der Waals surface area contributed by atoms with Gasteiger partial charge >= 0.3 is 0 Å². The van der Waals surface area contributed by atoms with E-state index in [-0.39, 0.29) is 17.8 Å². The van der Waals surface area contributed by atoms with Crippen LogP contribution in [0.5, 0.6) is 0 Å². The zero-order valence-electron chi connectivity index (χ0n) is 11.9. The normalized spacial score (nSPS) is 22.9. The molecule has 1 amide bonds. The van der Waals surface area contributed by atoms with Crippen LogP contribution in [0.25, 0.3) is 0 Å². The van der Waals surface area contributed by atoms with Gasteiger partial charge in [0.15, 0.2) is 0 Å². The first kappa shape index (κ1) is 15.8. The van der Waals surface area contributed by atoms with Crippen molar-refractivity contribution >= 4 is 18.3 Å². The quantitative estimate of drug-likeness (QED) is 0.797. The number of halogens is 1. The van der Waals surface area contributed by atoms with E-state index in [9.17, 15) is 4.79 Å². The molecule has 0 aliphatic carbocycles. The highest BCUT2D eigenvalue weighted by molar-refractivity contribution is 5.85. The molecule has 0 unspecified atom stereocenters. The summed E-state index contributed by atoms with van der Waals surface area (Å²) in [7, 11) is 0. The van der Waals surface area contributed by atoms with Crippen LogP contribution >= 0.6 is 12.4 Å². The van der Waals surface area contributed by atoms with E-state index in [4.69, 9.17) is 0 Å². The molecule has 18 heavy (non-hydrogen) atoms. The number of carbonyl (C=O) groups is 1.